The molecule has 4 nitrogen and oxygen atoms in total. The van der Waals surface area contributed by atoms with Gasteiger partial charge < -0.3 is 4.52 Å². The molecule has 2 aliphatic rings. The molecule has 5 rings (SSSR count). The van der Waals surface area contributed by atoms with Gasteiger partial charge in [-0.3, -0.25) is 4.90 Å². The molecular weight excluding hydrogens is 358 g/mol. The maximum Gasteiger partial charge on any atom is 0.232 e. The largest absolute Gasteiger partial charge is 0.339 e. The minimum atomic E-state index is 0.208. The summed E-state index contributed by atoms with van der Waals surface area (Å²) in [6.07, 6.45) is 3.53. The lowest BCUT2D eigenvalue weighted by molar-refractivity contribution is 0.120. The van der Waals surface area contributed by atoms with E-state index in [0.717, 1.165) is 22.9 Å². The van der Waals surface area contributed by atoms with Gasteiger partial charge in [0, 0.05) is 22.7 Å². The molecule has 5 heteroatoms. The van der Waals surface area contributed by atoms with Crippen LogP contribution in [-0.4, -0.2) is 34.2 Å². The van der Waals surface area contributed by atoms with Crippen molar-refractivity contribution in [3.05, 3.63) is 71.1 Å². The first-order chi connectivity index (χ1) is 13.2. The highest BCUT2D eigenvalue weighted by molar-refractivity contribution is 6.30. The highest BCUT2D eigenvalue weighted by Crippen LogP contribution is 2.50. The van der Waals surface area contributed by atoms with Crippen molar-refractivity contribution >= 4 is 11.6 Å². The first-order valence-electron chi connectivity index (χ1n) is 9.57. The molecule has 4 atom stereocenters. The zero-order valence-electron chi connectivity index (χ0n) is 15.3. The van der Waals surface area contributed by atoms with Crippen LogP contribution < -0.4 is 0 Å². The van der Waals surface area contributed by atoms with Crippen molar-refractivity contribution in [1.82, 2.24) is 15.0 Å². The summed E-state index contributed by atoms with van der Waals surface area (Å²) in [7, 11) is 2.24. The molecule has 2 fully saturated rings. The van der Waals surface area contributed by atoms with E-state index < -0.39 is 0 Å². The summed E-state index contributed by atoms with van der Waals surface area (Å²) in [6, 6.07) is 19.4. The van der Waals surface area contributed by atoms with Crippen molar-refractivity contribution in [2.75, 3.05) is 7.05 Å². The van der Waals surface area contributed by atoms with Gasteiger partial charge in [-0.25, -0.2) is 0 Å². The van der Waals surface area contributed by atoms with E-state index in [1.807, 2.05) is 42.5 Å². The first kappa shape index (κ1) is 17.0. The summed E-state index contributed by atoms with van der Waals surface area (Å²) in [6.45, 7) is 0. The number of piperidine rings is 1. The third kappa shape index (κ3) is 2.97. The number of halogens is 1. The van der Waals surface area contributed by atoms with Crippen molar-refractivity contribution in [3.8, 4) is 11.4 Å². The topological polar surface area (TPSA) is 42.2 Å². The lowest BCUT2D eigenvalue weighted by atomic mass is 9.76. The van der Waals surface area contributed by atoms with E-state index in [1.54, 1.807) is 0 Å². The molecule has 27 heavy (non-hydrogen) atoms. The van der Waals surface area contributed by atoms with Crippen LogP contribution in [0.3, 0.4) is 0 Å². The summed E-state index contributed by atoms with van der Waals surface area (Å²) in [4.78, 5) is 7.34. The van der Waals surface area contributed by atoms with Crippen LogP contribution in [0.4, 0.5) is 0 Å². The molecule has 0 saturated carbocycles. The lowest BCUT2D eigenvalue weighted by Gasteiger charge is -2.41. The van der Waals surface area contributed by atoms with Gasteiger partial charge in [0.1, 0.15) is 0 Å². The molecule has 3 heterocycles. The Hall–Kier alpha value is -2.17. The van der Waals surface area contributed by atoms with Gasteiger partial charge in [-0.2, -0.15) is 4.98 Å². The van der Waals surface area contributed by atoms with Crippen molar-refractivity contribution in [1.29, 1.82) is 0 Å². The van der Waals surface area contributed by atoms with Gasteiger partial charge in [-0.1, -0.05) is 59.2 Å². The van der Waals surface area contributed by atoms with Crippen molar-refractivity contribution < 1.29 is 4.52 Å². The Bertz CT molecular complexity index is 924. The van der Waals surface area contributed by atoms with E-state index in [9.17, 15) is 0 Å². The smallest absolute Gasteiger partial charge is 0.232 e. The molecule has 2 unspecified atom stereocenters. The Morgan fingerprint density at radius 3 is 2.59 bits per heavy atom. The second-order valence-electron chi connectivity index (χ2n) is 7.71. The Kier molecular flexibility index (Phi) is 4.25. The average Bonchev–Trinajstić information content (AvgIpc) is 3.26. The second-order valence-corrected chi connectivity index (χ2v) is 8.14. The number of nitrogens with zero attached hydrogens (tertiary/aromatic N) is 3. The number of hydrogen-bond acceptors (Lipinski definition) is 4. The van der Waals surface area contributed by atoms with Crippen molar-refractivity contribution in [2.24, 2.45) is 0 Å². The second kappa shape index (κ2) is 6.77. The van der Waals surface area contributed by atoms with Gasteiger partial charge in [0.25, 0.3) is 0 Å². The quantitative estimate of drug-likeness (QED) is 0.633. The zero-order chi connectivity index (χ0) is 18.4. The van der Waals surface area contributed by atoms with Crippen LogP contribution in [0.25, 0.3) is 11.4 Å². The maximum atomic E-state index is 6.12. The van der Waals surface area contributed by atoms with Crippen LogP contribution in [0, 0.1) is 0 Å². The standard InChI is InChI=1S/C22H22ClN3O/c1-26-17-11-12-19(26)20(18(13-17)14-7-9-16(23)10-8-14)22-24-21(25-27-22)15-5-3-2-4-6-15/h2-10,17-20H,11-13H2,1H3/t17-,18-,19?,20?/m1/s1. The predicted octanol–water partition coefficient (Wildman–Crippen LogP) is 5.12. The average molecular weight is 380 g/mol. The van der Waals surface area contributed by atoms with Gasteiger partial charge in [-0.05, 0) is 49.9 Å². The fourth-order valence-electron chi connectivity index (χ4n) is 4.93. The molecule has 2 aliphatic heterocycles. The summed E-state index contributed by atoms with van der Waals surface area (Å²) in [5.41, 5.74) is 2.30. The Morgan fingerprint density at radius 1 is 1.04 bits per heavy atom. The molecule has 0 aliphatic carbocycles. The molecular formula is C22H22ClN3O. The van der Waals surface area contributed by atoms with Gasteiger partial charge in [0.2, 0.25) is 11.7 Å². The molecule has 2 bridgehead atoms. The predicted molar refractivity (Wildman–Crippen MR) is 106 cm³/mol. The minimum absolute atomic E-state index is 0.208. The van der Waals surface area contributed by atoms with E-state index in [0.29, 0.717) is 23.8 Å². The normalized spacial score (nSPS) is 27.8. The number of hydrogen-bond donors (Lipinski definition) is 0. The van der Waals surface area contributed by atoms with E-state index in [4.69, 9.17) is 21.1 Å². The molecule has 3 aromatic rings. The molecule has 0 amide bonds. The van der Waals surface area contributed by atoms with E-state index in [2.05, 4.69) is 29.2 Å². The van der Waals surface area contributed by atoms with Crippen LogP contribution in [0.15, 0.2) is 59.1 Å². The van der Waals surface area contributed by atoms with Crippen molar-refractivity contribution in [2.45, 2.75) is 43.2 Å². The van der Waals surface area contributed by atoms with Crippen LogP contribution in [-0.2, 0) is 0 Å². The summed E-state index contributed by atoms with van der Waals surface area (Å²) >= 11 is 6.12. The fraction of sp³-hybridized carbons (Fsp3) is 0.364. The molecule has 0 spiro atoms. The third-order valence-electron chi connectivity index (χ3n) is 6.33. The molecule has 2 saturated heterocycles. The Balaban J connectivity index is 1.54. The van der Waals surface area contributed by atoms with Crippen LogP contribution >= 0.6 is 11.6 Å². The van der Waals surface area contributed by atoms with Crippen LogP contribution in [0.5, 0.6) is 0 Å². The highest BCUT2D eigenvalue weighted by Gasteiger charge is 2.48. The van der Waals surface area contributed by atoms with Gasteiger partial charge in [0.15, 0.2) is 0 Å². The molecule has 0 radical (unpaired) electrons. The van der Waals surface area contributed by atoms with Gasteiger partial charge >= 0.3 is 0 Å². The van der Waals surface area contributed by atoms with Crippen LogP contribution in [0.1, 0.15) is 42.6 Å². The molecule has 2 aromatic carbocycles. The lowest BCUT2D eigenvalue weighted by Crippen LogP contribution is -2.44. The molecule has 0 N–H and O–H groups in total. The number of fused-ring (bicyclic) bond motifs is 2. The van der Waals surface area contributed by atoms with Gasteiger partial charge in [0.05, 0.1) is 5.92 Å². The van der Waals surface area contributed by atoms with Gasteiger partial charge in [-0.15, -0.1) is 0 Å². The minimum Gasteiger partial charge on any atom is -0.339 e. The monoisotopic (exact) mass is 379 g/mol. The number of aromatic nitrogens is 2. The highest BCUT2D eigenvalue weighted by atomic mass is 35.5. The SMILES string of the molecule is CN1C2CC[C@@H]1C[C@H](c1ccc(Cl)cc1)C2c1nc(-c2ccccc2)no1. The van der Waals surface area contributed by atoms with E-state index >= 15 is 0 Å². The summed E-state index contributed by atoms with van der Waals surface area (Å²) < 4.78 is 5.82. The molecule has 138 valence electrons. The Labute approximate surface area is 164 Å². The first-order valence-corrected chi connectivity index (χ1v) is 9.95. The van der Waals surface area contributed by atoms with Crippen LogP contribution in [0.2, 0.25) is 5.02 Å². The molecule has 1 aromatic heterocycles. The Morgan fingerprint density at radius 2 is 1.81 bits per heavy atom. The van der Waals surface area contributed by atoms with Crippen molar-refractivity contribution in [3.63, 3.8) is 0 Å². The number of rotatable bonds is 3. The van der Waals surface area contributed by atoms with E-state index in [1.165, 1.54) is 18.4 Å². The maximum absolute atomic E-state index is 6.12. The van der Waals surface area contributed by atoms with E-state index in [-0.39, 0.29) is 5.92 Å². The summed E-state index contributed by atoms with van der Waals surface area (Å²) in [5.74, 6) is 2.01. The number of benzene rings is 2. The zero-order valence-corrected chi connectivity index (χ0v) is 16.0. The number of likely N-dealkylation sites (N-methyl/N-ethyl adjacent to an activating group) is 1. The third-order valence-corrected chi connectivity index (χ3v) is 6.58. The fourth-order valence-corrected chi connectivity index (χ4v) is 5.06. The summed E-state index contributed by atoms with van der Waals surface area (Å²) in [5, 5.41) is 5.06.